The summed E-state index contributed by atoms with van der Waals surface area (Å²) in [7, 11) is 1.86. The highest BCUT2D eigenvalue weighted by molar-refractivity contribution is 5.97. The molecule has 2 rings (SSSR count). The number of benzene rings is 1. The summed E-state index contributed by atoms with van der Waals surface area (Å²) in [5.74, 6) is -0.246. The molecule has 0 radical (unpaired) electrons. The zero-order valence-electron chi connectivity index (χ0n) is 12.0. The van der Waals surface area contributed by atoms with Gasteiger partial charge in [0.1, 0.15) is 5.75 Å². The highest BCUT2D eigenvalue weighted by atomic mass is 16.3. The molecule has 1 heterocycles. The van der Waals surface area contributed by atoms with Crippen LogP contribution in [0.4, 0.5) is 0 Å². The number of phenolic OH excluding ortho intramolecular Hbond substituents is 1. The molecule has 0 saturated heterocycles. The summed E-state index contributed by atoms with van der Waals surface area (Å²) in [5, 5.41) is 17.0. The summed E-state index contributed by atoms with van der Waals surface area (Å²) in [4.78, 5) is 12.1. The fourth-order valence-corrected chi connectivity index (χ4v) is 2.14. The molecule has 0 aliphatic heterocycles. The van der Waals surface area contributed by atoms with Gasteiger partial charge in [0.15, 0.2) is 0 Å². The third-order valence-corrected chi connectivity index (χ3v) is 3.25. The van der Waals surface area contributed by atoms with Crippen LogP contribution in [0.5, 0.6) is 5.75 Å². The number of amides is 1. The molecule has 106 valence electrons. The van der Waals surface area contributed by atoms with E-state index in [9.17, 15) is 9.90 Å². The van der Waals surface area contributed by atoms with Crippen molar-refractivity contribution in [3.8, 4) is 5.75 Å². The number of carbonyl (C=O) groups excluding carboxylic acids is 1. The summed E-state index contributed by atoms with van der Waals surface area (Å²) >= 11 is 0. The Morgan fingerprint density at radius 2 is 2.20 bits per heavy atom. The summed E-state index contributed by atoms with van der Waals surface area (Å²) in [5.41, 5.74) is 2.96. The molecule has 0 aliphatic rings. The van der Waals surface area contributed by atoms with Crippen LogP contribution in [0.15, 0.2) is 24.4 Å². The number of hydrogen-bond donors (Lipinski definition) is 2. The summed E-state index contributed by atoms with van der Waals surface area (Å²) in [6.45, 7) is 4.20. The third kappa shape index (κ3) is 2.82. The molecule has 0 bridgehead atoms. The number of nitrogens with zero attached hydrogens (tertiary/aromatic N) is 2. The van der Waals surface area contributed by atoms with Crippen molar-refractivity contribution in [2.45, 2.75) is 26.8 Å². The van der Waals surface area contributed by atoms with E-state index in [2.05, 4.69) is 10.4 Å². The molecule has 0 saturated carbocycles. The molecule has 0 fully saturated rings. The van der Waals surface area contributed by atoms with E-state index in [1.165, 1.54) is 0 Å². The smallest absolute Gasteiger partial charge is 0.255 e. The van der Waals surface area contributed by atoms with Gasteiger partial charge in [0.05, 0.1) is 11.3 Å². The van der Waals surface area contributed by atoms with Gasteiger partial charge in [-0.15, -0.1) is 0 Å². The van der Waals surface area contributed by atoms with E-state index in [0.29, 0.717) is 17.7 Å². The van der Waals surface area contributed by atoms with Gasteiger partial charge < -0.3 is 10.4 Å². The van der Waals surface area contributed by atoms with Gasteiger partial charge in [0.25, 0.3) is 5.91 Å². The first kappa shape index (κ1) is 14.1. The number of aromatic nitrogens is 2. The van der Waals surface area contributed by atoms with Crippen LogP contribution in [0, 0.1) is 6.92 Å². The van der Waals surface area contributed by atoms with Crippen LogP contribution in [0.25, 0.3) is 0 Å². The lowest BCUT2D eigenvalue weighted by atomic mass is 10.1. The normalized spacial score (nSPS) is 10.6. The van der Waals surface area contributed by atoms with Crippen LogP contribution in [-0.2, 0) is 20.0 Å². The van der Waals surface area contributed by atoms with Crippen LogP contribution in [0.2, 0.25) is 0 Å². The van der Waals surface area contributed by atoms with Crippen LogP contribution in [-0.4, -0.2) is 20.8 Å². The van der Waals surface area contributed by atoms with Crippen LogP contribution >= 0.6 is 0 Å². The van der Waals surface area contributed by atoms with Gasteiger partial charge in [-0.05, 0) is 25.0 Å². The van der Waals surface area contributed by atoms with E-state index in [4.69, 9.17) is 0 Å². The second-order valence-electron chi connectivity index (χ2n) is 4.78. The van der Waals surface area contributed by atoms with E-state index in [-0.39, 0.29) is 11.7 Å². The molecule has 1 amide bonds. The fourth-order valence-electron chi connectivity index (χ4n) is 2.14. The third-order valence-electron chi connectivity index (χ3n) is 3.25. The number of nitrogens with one attached hydrogen (secondary N) is 1. The number of carbonyl (C=O) groups is 1. The molecule has 5 heteroatoms. The van der Waals surface area contributed by atoms with Gasteiger partial charge in [-0.3, -0.25) is 9.48 Å². The van der Waals surface area contributed by atoms with Crippen molar-refractivity contribution < 1.29 is 9.90 Å². The van der Waals surface area contributed by atoms with Crippen molar-refractivity contribution in [3.05, 3.63) is 46.8 Å². The Morgan fingerprint density at radius 1 is 1.45 bits per heavy atom. The van der Waals surface area contributed by atoms with Gasteiger partial charge in [0.2, 0.25) is 0 Å². The summed E-state index contributed by atoms with van der Waals surface area (Å²) in [6.07, 6.45) is 2.72. The largest absolute Gasteiger partial charge is 0.507 e. The number of hydrogen-bond acceptors (Lipinski definition) is 3. The fraction of sp³-hybridized carbons (Fsp3) is 0.333. The first-order valence-corrected chi connectivity index (χ1v) is 6.61. The average Bonchev–Trinajstić information content (AvgIpc) is 2.79. The molecule has 0 atom stereocenters. The number of phenols is 1. The molecule has 2 aromatic rings. The van der Waals surface area contributed by atoms with Crippen molar-refractivity contribution in [2.24, 2.45) is 7.05 Å². The van der Waals surface area contributed by atoms with Crippen molar-refractivity contribution in [1.29, 1.82) is 0 Å². The molecular formula is C15H19N3O2. The second kappa shape index (κ2) is 5.77. The number of aromatic hydroxyl groups is 1. The minimum absolute atomic E-state index is 0.0342. The molecule has 0 unspecified atom stereocenters. The van der Waals surface area contributed by atoms with Crippen molar-refractivity contribution in [1.82, 2.24) is 15.1 Å². The van der Waals surface area contributed by atoms with E-state index in [1.54, 1.807) is 29.8 Å². The lowest BCUT2D eigenvalue weighted by Crippen LogP contribution is -2.23. The molecule has 1 aromatic heterocycles. The predicted molar refractivity (Wildman–Crippen MR) is 76.6 cm³/mol. The van der Waals surface area contributed by atoms with Crippen molar-refractivity contribution in [2.75, 3.05) is 0 Å². The Bertz CT molecular complexity index is 632. The van der Waals surface area contributed by atoms with Crippen molar-refractivity contribution >= 4 is 5.91 Å². The number of para-hydroxylation sites is 1. The molecule has 5 nitrogen and oxygen atoms in total. The van der Waals surface area contributed by atoms with Gasteiger partial charge in [-0.1, -0.05) is 19.1 Å². The molecule has 0 spiro atoms. The average molecular weight is 273 g/mol. The first-order chi connectivity index (χ1) is 9.52. The lowest BCUT2D eigenvalue weighted by Gasteiger charge is -2.08. The lowest BCUT2D eigenvalue weighted by molar-refractivity contribution is 0.0948. The maximum absolute atomic E-state index is 12.1. The van der Waals surface area contributed by atoms with Crippen LogP contribution in [0.3, 0.4) is 0 Å². The van der Waals surface area contributed by atoms with Gasteiger partial charge in [0, 0.05) is 25.4 Å². The monoisotopic (exact) mass is 273 g/mol. The van der Waals surface area contributed by atoms with Crippen LogP contribution in [0.1, 0.15) is 34.1 Å². The molecule has 2 N–H and O–H groups in total. The SMILES string of the molecule is CCc1nn(C)cc1CNC(=O)c1cccc(C)c1O. The van der Waals surface area contributed by atoms with E-state index in [1.807, 2.05) is 20.2 Å². The Balaban J connectivity index is 2.10. The first-order valence-electron chi connectivity index (χ1n) is 6.61. The Hall–Kier alpha value is -2.30. The minimum atomic E-state index is -0.280. The van der Waals surface area contributed by atoms with E-state index in [0.717, 1.165) is 17.7 Å². The van der Waals surface area contributed by atoms with Gasteiger partial charge >= 0.3 is 0 Å². The standard InChI is InChI=1S/C15H19N3O2/c1-4-13-11(9-18(3)17-13)8-16-15(20)12-7-5-6-10(2)14(12)19/h5-7,9,19H,4,8H2,1-3H3,(H,16,20). The molecule has 0 aliphatic carbocycles. The minimum Gasteiger partial charge on any atom is -0.507 e. The summed E-state index contributed by atoms with van der Waals surface area (Å²) < 4.78 is 1.74. The molecule has 20 heavy (non-hydrogen) atoms. The summed E-state index contributed by atoms with van der Waals surface area (Å²) in [6, 6.07) is 5.13. The Kier molecular flexibility index (Phi) is 4.08. The highest BCUT2D eigenvalue weighted by Gasteiger charge is 2.13. The van der Waals surface area contributed by atoms with Gasteiger partial charge in [-0.2, -0.15) is 5.10 Å². The second-order valence-corrected chi connectivity index (χ2v) is 4.78. The Morgan fingerprint density at radius 3 is 2.90 bits per heavy atom. The maximum atomic E-state index is 12.1. The van der Waals surface area contributed by atoms with E-state index < -0.39 is 0 Å². The van der Waals surface area contributed by atoms with Crippen molar-refractivity contribution in [3.63, 3.8) is 0 Å². The molecular weight excluding hydrogens is 254 g/mol. The quantitative estimate of drug-likeness (QED) is 0.894. The van der Waals surface area contributed by atoms with Gasteiger partial charge in [-0.25, -0.2) is 0 Å². The Labute approximate surface area is 118 Å². The molecule has 1 aromatic carbocycles. The number of rotatable bonds is 4. The zero-order chi connectivity index (χ0) is 14.7. The van der Waals surface area contributed by atoms with E-state index >= 15 is 0 Å². The maximum Gasteiger partial charge on any atom is 0.255 e. The highest BCUT2D eigenvalue weighted by Crippen LogP contribution is 2.21. The topological polar surface area (TPSA) is 67.2 Å². The number of aryl methyl sites for hydroxylation is 3. The predicted octanol–water partition coefficient (Wildman–Crippen LogP) is 1.93. The zero-order valence-corrected chi connectivity index (χ0v) is 12.0. The van der Waals surface area contributed by atoms with Crippen LogP contribution < -0.4 is 5.32 Å².